The fraction of sp³-hybridized carbons (Fsp3) is 0.292. The molecule has 146 valence electrons. The zero-order chi connectivity index (χ0) is 20.7. The summed E-state index contributed by atoms with van der Waals surface area (Å²) >= 11 is 0. The molecule has 1 aromatic heterocycles. The predicted octanol–water partition coefficient (Wildman–Crippen LogP) is 5.24. The monoisotopic (exact) mass is 384 g/mol. The number of aromatic nitrogens is 2. The standard InChI is InChI=1S/C24H26N5/c1-16(2)28-19(5)29(22-11-8-7-10-21(22)28)24-15-20(25-6)14-23(17(24)3)27-13-9-12-26-18(27)4/h7-16,19H,1-5H3/q+1/t19-/m1/s1. The molecule has 2 heterocycles. The summed E-state index contributed by atoms with van der Waals surface area (Å²) in [5.74, 6) is 0.891. The highest BCUT2D eigenvalue weighted by Crippen LogP contribution is 2.47. The molecule has 4 rings (SSSR count). The summed E-state index contributed by atoms with van der Waals surface area (Å²) in [6, 6.07) is 14.8. The van der Waals surface area contributed by atoms with Crippen LogP contribution in [0.25, 0.3) is 10.5 Å². The van der Waals surface area contributed by atoms with Crippen LogP contribution in [0.5, 0.6) is 0 Å². The van der Waals surface area contributed by atoms with E-state index in [1.165, 1.54) is 11.4 Å². The lowest BCUT2D eigenvalue weighted by Gasteiger charge is -2.34. The molecule has 29 heavy (non-hydrogen) atoms. The third-order valence-corrected chi connectivity index (χ3v) is 5.67. The largest absolute Gasteiger partial charge is 0.347 e. The smallest absolute Gasteiger partial charge is 0.300 e. The second-order valence-corrected chi connectivity index (χ2v) is 7.75. The lowest BCUT2D eigenvalue weighted by Crippen LogP contribution is -2.43. The summed E-state index contributed by atoms with van der Waals surface area (Å²) < 4.78 is 2.06. The quantitative estimate of drug-likeness (QED) is 0.457. The SMILES string of the molecule is [C-]#[N+]c1cc(N2c3ccccc3N(C(C)C)[C@H]2C)c(C)c(-[n+]2cccnc2C)c1. The van der Waals surface area contributed by atoms with Crippen LogP contribution in [0.15, 0.2) is 54.9 Å². The van der Waals surface area contributed by atoms with Gasteiger partial charge in [-0.3, -0.25) is 0 Å². The first-order valence-corrected chi connectivity index (χ1v) is 9.96. The van der Waals surface area contributed by atoms with Gasteiger partial charge in [-0.25, -0.2) is 9.41 Å². The summed E-state index contributed by atoms with van der Waals surface area (Å²) in [6.45, 7) is 18.5. The van der Waals surface area contributed by atoms with E-state index in [0.29, 0.717) is 11.7 Å². The number of aryl methyl sites for hydroxylation is 1. The molecule has 0 amide bonds. The van der Waals surface area contributed by atoms with E-state index in [0.717, 1.165) is 22.8 Å². The highest BCUT2D eigenvalue weighted by Gasteiger charge is 2.36. The van der Waals surface area contributed by atoms with Crippen LogP contribution in [0.1, 0.15) is 32.2 Å². The molecule has 2 aromatic carbocycles. The number of anilines is 3. The lowest BCUT2D eigenvalue weighted by atomic mass is 10.1. The predicted molar refractivity (Wildman–Crippen MR) is 117 cm³/mol. The summed E-state index contributed by atoms with van der Waals surface area (Å²) in [5.41, 5.74) is 6.22. The van der Waals surface area contributed by atoms with Gasteiger partial charge in [0.1, 0.15) is 24.2 Å². The minimum absolute atomic E-state index is 0.153. The van der Waals surface area contributed by atoms with Gasteiger partial charge in [0.05, 0.1) is 17.9 Å². The van der Waals surface area contributed by atoms with Crippen molar-refractivity contribution in [3.63, 3.8) is 0 Å². The first-order valence-electron chi connectivity index (χ1n) is 9.96. The van der Waals surface area contributed by atoms with Gasteiger partial charge < -0.3 is 9.80 Å². The molecule has 0 bridgehead atoms. The number of benzene rings is 2. The van der Waals surface area contributed by atoms with Crippen LogP contribution < -0.4 is 14.4 Å². The van der Waals surface area contributed by atoms with Crippen LogP contribution in [0.4, 0.5) is 22.7 Å². The van der Waals surface area contributed by atoms with E-state index in [1.807, 2.05) is 31.3 Å². The summed E-state index contributed by atoms with van der Waals surface area (Å²) in [6.07, 6.45) is 3.95. The molecule has 0 radical (unpaired) electrons. The molecule has 0 spiro atoms. The van der Waals surface area contributed by atoms with Crippen molar-refractivity contribution in [2.24, 2.45) is 0 Å². The average Bonchev–Trinajstić information content (AvgIpc) is 3.01. The Labute approximate surface area is 172 Å². The maximum absolute atomic E-state index is 7.67. The van der Waals surface area contributed by atoms with Crippen molar-refractivity contribution in [1.29, 1.82) is 0 Å². The molecular formula is C24H26N5+. The van der Waals surface area contributed by atoms with Crippen molar-refractivity contribution in [3.8, 4) is 5.69 Å². The Bertz CT molecular complexity index is 1110. The van der Waals surface area contributed by atoms with Crippen molar-refractivity contribution >= 4 is 22.7 Å². The fourth-order valence-corrected chi connectivity index (χ4v) is 4.39. The minimum Gasteiger partial charge on any atom is -0.347 e. The number of hydrogen-bond acceptors (Lipinski definition) is 3. The van der Waals surface area contributed by atoms with E-state index in [-0.39, 0.29) is 6.17 Å². The molecule has 0 saturated carbocycles. The van der Waals surface area contributed by atoms with E-state index in [4.69, 9.17) is 6.57 Å². The molecule has 5 nitrogen and oxygen atoms in total. The van der Waals surface area contributed by atoms with Gasteiger partial charge in [0, 0.05) is 30.3 Å². The number of fused-ring (bicyclic) bond motifs is 1. The van der Waals surface area contributed by atoms with E-state index >= 15 is 0 Å². The van der Waals surface area contributed by atoms with Crippen LogP contribution in [-0.2, 0) is 0 Å². The number of para-hydroxylation sites is 2. The van der Waals surface area contributed by atoms with Gasteiger partial charge in [-0.15, -0.1) is 0 Å². The Morgan fingerprint density at radius 2 is 1.79 bits per heavy atom. The minimum atomic E-state index is 0.153. The maximum atomic E-state index is 7.67. The highest BCUT2D eigenvalue weighted by molar-refractivity contribution is 5.86. The Balaban J connectivity index is 1.96. The van der Waals surface area contributed by atoms with Gasteiger partial charge in [0.15, 0.2) is 5.69 Å². The zero-order valence-corrected chi connectivity index (χ0v) is 17.6. The van der Waals surface area contributed by atoms with Gasteiger partial charge >= 0.3 is 0 Å². The molecule has 0 fully saturated rings. The van der Waals surface area contributed by atoms with E-state index in [1.54, 1.807) is 6.20 Å². The van der Waals surface area contributed by atoms with E-state index in [2.05, 4.69) is 76.2 Å². The molecule has 0 aliphatic carbocycles. The molecule has 0 unspecified atom stereocenters. The molecule has 5 heteroatoms. The van der Waals surface area contributed by atoms with Gasteiger partial charge in [-0.2, -0.15) is 0 Å². The van der Waals surface area contributed by atoms with Crippen molar-refractivity contribution in [2.75, 3.05) is 9.80 Å². The van der Waals surface area contributed by atoms with Crippen LogP contribution in [0.3, 0.4) is 0 Å². The zero-order valence-electron chi connectivity index (χ0n) is 17.6. The van der Waals surface area contributed by atoms with Crippen LogP contribution in [0, 0.1) is 20.4 Å². The van der Waals surface area contributed by atoms with Gasteiger partial charge in [0.2, 0.25) is 0 Å². The summed E-state index contributed by atoms with van der Waals surface area (Å²) in [7, 11) is 0. The number of hydrogen-bond donors (Lipinski definition) is 0. The second-order valence-electron chi connectivity index (χ2n) is 7.75. The average molecular weight is 385 g/mol. The molecule has 1 aliphatic rings. The van der Waals surface area contributed by atoms with Crippen LogP contribution >= 0.6 is 0 Å². The topological polar surface area (TPSA) is 27.6 Å². The molecule has 0 saturated heterocycles. The molecule has 1 atom stereocenters. The first kappa shape index (κ1) is 18.9. The molecular weight excluding hydrogens is 358 g/mol. The Morgan fingerprint density at radius 3 is 2.45 bits per heavy atom. The van der Waals surface area contributed by atoms with Crippen LogP contribution in [-0.4, -0.2) is 17.2 Å². The Hall–Kier alpha value is -3.39. The number of nitrogens with zero attached hydrogens (tertiary/aromatic N) is 5. The lowest BCUT2D eigenvalue weighted by molar-refractivity contribution is -0.606. The van der Waals surface area contributed by atoms with Gasteiger partial charge in [-0.05, 0) is 52.0 Å². The summed E-state index contributed by atoms with van der Waals surface area (Å²) in [4.78, 5) is 13.0. The third kappa shape index (κ3) is 3.01. The summed E-state index contributed by atoms with van der Waals surface area (Å²) in [5, 5.41) is 0. The third-order valence-electron chi connectivity index (χ3n) is 5.67. The Morgan fingerprint density at radius 1 is 1.07 bits per heavy atom. The van der Waals surface area contributed by atoms with Crippen molar-refractivity contribution < 1.29 is 4.57 Å². The molecule has 0 N–H and O–H groups in total. The maximum Gasteiger partial charge on any atom is 0.300 e. The Kier molecular flexibility index (Phi) is 4.71. The molecule has 1 aliphatic heterocycles. The van der Waals surface area contributed by atoms with E-state index in [9.17, 15) is 0 Å². The highest BCUT2D eigenvalue weighted by atomic mass is 15.4. The fourth-order valence-electron chi connectivity index (χ4n) is 4.39. The van der Waals surface area contributed by atoms with Crippen molar-refractivity contribution in [2.45, 2.75) is 46.8 Å². The second kappa shape index (κ2) is 7.21. The van der Waals surface area contributed by atoms with Gasteiger partial charge in [0.25, 0.3) is 5.82 Å². The van der Waals surface area contributed by atoms with Crippen molar-refractivity contribution in [1.82, 2.24) is 4.98 Å². The van der Waals surface area contributed by atoms with Crippen LogP contribution in [0.2, 0.25) is 0 Å². The normalized spacial score (nSPS) is 15.6. The van der Waals surface area contributed by atoms with Crippen molar-refractivity contribution in [3.05, 3.63) is 77.7 Å². The first-order chi connectivity index (χ1) is 13.9. The number of rotatable bonds is 3. The van der Waals surface area contributed by atoms with E-state index < -0.39 is 0 Å². The molecule has 3 aromatic rings. The van der Waals surface area contributed by atoms with Gasteiger partial charge in [-0.1, -0.05) is 17.1 Å².